The molecule has 1 N–H and O–H groups in total. The zero-order valence-electron chi connectivity index (χ0n) is 17.5. The Hall–Kier alpha value is -2.65. The van der Waals surface area contributed by atoms with Gasteiger partial charge in [0.1, 0.15) is 24.0 Å². The molecule has 0 fully saturated rings. The van der Waals surface area contributed by atoms with E-state index in [1.165, 1.54) is 0 Å². The Morgan fingerprint density at radius 3 is 2.59 bits per heavy atom. The number of hydrogen-bond donors (Lipinski definition) is 1. The maximum Gasteiger partial charge on any atom is 0.260 e. The van der Waals surface area contributed by atoms with Crippen LogP contribution < -0.4 is 10.1 Å². The molecule has 0 radical (unpaired) electrons. The number of halogens is 2. The number of nitrogens with zero attached hydrogens (tertiary/aromatic N) is 3. The van der Waals surface area contributed by atoms with Crippen LogP contribution in [0.5, 0.6) is 5.75 Å². The molecule has 1 aromatic heterocycles. The molecule has 32 heavy (non-hydrogen) atoms. The summed E-state index contributed by atoms with van der Waals surface area (Å²) in [5.41, 5.74) is 3.53. The number of benzene rings is 2. The molecule has 1 aliphatic heterocycles. The van der Waals surface area contributed by atoms with Gasteiger partial charge >= 0.3 is 0 Å². The van der Waals surface area contributed by atoms with E-state index in [1.54, 1.807) is 30.5 Å². The fourth-order valence-corrected chi connectivity index (χ4v) is 3.95. The fourth-order valence-electron chi connectivity index (χ4n) is 3.32. The lowest BCUT2D eigenvalue weighted by molar-refractivity contribution is 0.102. The van der Waals surface area contributed by atoms with Gasteiger partial charge in [-0.3, -0.25) is 9.79 Å². The largest absolute Gasteiger partial charge is 0.488 e. The van der Waals surface area contributed by atoms with Crippen molar-refractivity contribution in [2.45, 2.75) is 11.0 Å². The molecule has 3 aromatic rings. The average Bonchev–Trinajstić information content (AvgIpc) is 3.25. The molecule has 2 aromatic carbocycles. The topological polar surface area (TPSA) is 66.8 Å². The van der Waals surface area contributed by atoms with E-state index < -0.39 is 0 Å². The molecule has 0 atom stereocenters. The number of anilines is 1. The van der Waals surface area contributed by atoms with Gasteiger partial charge in [-0.1, -0.05) is 64.5 Å². The standard InChI is InChI=1S/C24H22ClIN4O2/c1-30-11-10-27-23(30)18-5-2-16(3-6-18)15-32-21-8-7-19(25)12-20(21)24(31)29-22-9-4-17(13-26)14-28-22/h2-9,12,14H,10-11,13,15H2,1H3,(H,28,29,31). The number of pyridine rings is 1. The van der Waals surface area contributed by atoms with Gasteiger partial charge in [-0.25, -0.2) is 4.98 Å². The van der Waals surface area contributed by atoms with E-state index in [2.05, 4.69) is 42.8 Å². The highest BCUT2D eigenvalue weighted by molar-refractivity contribution is 14.1. The average molecular weight is 561 g/mol. The Morgan fingerprint density at radius 2 is 1.94 bits per heavy atom. The first-order chi connectivity index (χ1) is 15.5. The predicted molar refractivity (Wildman–Crippen MR) is 136 cm³/mol. The third-order valence-corrected chi connectivity index (χ3v) is 6.19. The van der Waals surface area contributed by atoms with Gasteiger partial charge in [0.25, 0.3) is 5.91 Å². The van der Waals surface area contributed by atoms with Crippen molar-refractivity contribution in [3.63, 3.8) is 0 Å². The SMILES string of the molecule is CN1CCN=C1c1ccc(COc2ccc(Cl)cc2C(=O)Nc2ccc(CI)cn2)cc1. The number of amides is 1. The minimum atomic E-state index is -0.324. The van der Waals surface area contributed by atoms with Crippen molar-refractivity contribution in [2.75, 3.05) is 25.5 Å². The van der Waals surface area contributed by atoms with Gasteiger partial charge in [-0.2, -0.15) is 0 Å². The minimum Gasteiger partial charge on any atom is -0.488 e. The van der Waals surface area contributed by atoms with Crippen molar-refractivity contribution in [3.05, 3.63) is 88.1 Å². The predicted octanol–water partition coefficient (Wildman–Crippen LogP) is 5.19. The molecule has 0 spiro atoms. The van der Waals surface area contributed by atoms with Crippen LogP contribution in [0.2, 0.25) is 5.02 Å². The van der Waals surface area contributed by atoms with Crippen molar-refractivity contribution < 1.29 is 9.53 Å². The van der Waals surface area contributed by atoms with Crippen LogP contribution in [-0.4, -0.2) is 41.8 Å². The van der Waals surface area contributed by atoms with Crippen LogP contribution in [0.3, 0.4) is 0 Å². The summed E-state index contributed by atoms with van der Waals surface area (Å²) in [7, 11) is 2.04. The van der Waals surface area contributed by atoms with E-state index in [9.17, 15) is 4.79 Å². The lowest BCUT2D eigenvalue weighted by Gasteiger charge is -2.15. The second-order valence-electron chi connectivity index (χ2n) is 7.39. The van der Waals surface area contributed by atoms with Crippen molar-refractivity contribution in [1.82, 2.24) is 9.88 Å². The number of aromatic nitrogens is 1. The molecule has 2 heterocycles. The number of likely N-dealkylation sites (N-methyl/N-ethyl adjacent to an activating group) is 1. The smallest absolute Gasteiger partial charge is 0.260 e. The molecule has 0 aliphatic carbocycles. The number of hydrogen-bond acceptors (Lipinski definition) is 5. The number of ether oxygens (including phenoxy) is 1. The first kappa shape index (κ1) is 22.5. The molecule has 6 nitrogen and oxygen atoms in total. The molecule has 4 rings (SSSR count). The van der Waals surface area contributed by atoms with Gasteiger partial charge in [-0.05, 0) is 35.4 Å². The first-order valence-electron chi connectivity index (χ1n) is 10.1. The quantitative estimate of drug-likeness (QED) is 0.319. The number of carbonyl (C=O) groups is 1. The fraction of sp³-hybridized carbons (Fsp3) is 0.208. The third kappa shape index (κ3) is 5.39. The molecule has 0 saturated carbocycles. The molecule has 1 aliphatic rings. The second-order valence-corrected chi connectivity index (χ2v) is 8.59. The monoisotopic (exact) mass is 560 g/mol. The molecular weight excluding hydrogens is 539 g/mol. The second kappa shape index (κ2) is 10.3. The van der Waals surface area contributed by atoms with E-state index in [1.807, 2.05) is 37.4 Å². The Balaban J connectivity index is 1.45. The Morgan fingerprint density at radius 1 is 1.16 bits per heavy atom. The van der Waals surface area contributed by atoms with Gasteiger partial charge in [0.15, 0.2) is 0 Å². The van der Waals surface area contributed by atoms with Gasteiger partial charge in [0, 0.05) is 34.8 Å². The summed E-state index contributed by atoms with van der Waals surface area (Å²) in [6.07, 6.45) is 1.75. The molecular formula is C24H22ClIN4O2. The highest BCUT2D eigenvalue weighted by Crippen LogP contribution is 2.25. The summed E-state index contributed by atoms with van der Waals surface area (Å²) in [6.45, 7) is 2.10. The van der Waals surface area contributed by atoms with Crippen LogP contribution in [0.1, 0.15) is 27.0 Å². The van der Waals surface area contributed by atoms with Crippen LogP contribution in [0.25, 0.3) is 0 Å². The number of amidine groups is 1. The van der Waals surface area contributed by atoms with Crippen LogP contribution >= 0.6 is 34.2 Å². The van der Waals surface area contributed by atoms with E-state index in [4.69, 9.17) is 16.3 Å². The van der Waals surface area contributed by atoms with Crippen LogP contribution in [-0.2, 0) is 11.0 Å². The summed E-state index contributed by atoms with van der Waals surface area (Å²) in [4.78, 5) is 23.8. The molecule has 164 valence electrons. The molecule has 0 bridgehead atoms. The van der Waals surface area contributed by atoms with Gasteiger partial charge in [0.2, 0.25) is 0 Å². The van der Waals surface area contributed by atoms with E-state index >= 15 is 0 Å². The Kier molecular flexibility index (Phi) is 7.26. The maximum absolute atomic E-state index is 12.9. The van der Waals surface area contributed by atoms with Gasteiger partial charge < -0.3 is 15.0 Å². The maximum atomic E-state index is 12.9. The van der Waals surface area contributed by atoms with E-state index in [-0.39, 0.29) is 5.91 Å². The molecule has 0 unspecified atom stereocenters. The number of alkyl halides is 1. The van der Waals surface area contributed by atoms with Gasteiger partial charge in [-0.15, -0.1) is 0 Å². The lowest BCUT2D eigenvalue weighted by Crippen LogP contribution is -2.23. The first-order valence-corrected chi connectivity index (χ1v) is 12.0. The van der Waals surface area contributed by atoms with Crippen molar-refractivity contribution in [2.24, 2.45) is 4.99 Å². The third-order valence-electron chi connectivity index (χ3n) is 5.07. The molecule has 1 amide bonds. The van der Waals surface area contributed by atoms with E-state index in [0.717, 1.165) is 40.0 Å². The zero-order chi connectivity index (χ0) is 22.5. The summed E-state index contributed by atoms with van der Waals surface area (Å²) in [6, 6.07) is 16.8. The Labute approximate surface area is 205 Å². The van der Waals surface area contributed by atoms with Crippen LogP contribution in [0.4, 0.5) is 5.82 Å². The number of rotatable bonds is 7. The Bertz CT molecular complexity index is 1130. The summed E-state index contributed by atoms with van der Waals surface area (Å²) in [5.74, 6) is 1.62. The molecule has 0 saturated heterocycles. The molecule has 8 heteroatoms. The van der Waals surface area contributed by atoms with Crippen molar-refractivity contribution >= 4 is 51.8 Å². The minimum absolute atomic E-state index is 0.324. The normalized spacial score (nSPS) is 13.1. The summed E-state index contributed by atoms with van der Waals surface area (Å²) >= 11 is 8.41. The number of carbonyl (C=O) groups excluding carboxylic acids is 1. The zero-order valence-corrected chi connectivity index (χ0v) is 20.4. The lowest BCUT2D eigenvalue weighted by atomic mass is 10.1. The summed E-state index contributed by atoms with van der Waals surface area (Å²) < 4.78 is 6.84. The van der Waals surface area contributed by atoms with E-state index in [0.29, 0.717) is 28.8 Å². The van der Waals surface area contributed by atoms with Gasteiger partial charge in [0.05, 0.1) is 12.1 Å². The van der Waals surface area contributed by atoms with Crippen molar-refractivity contribution in [1.29, 1.82) is 0 Å². The van der Waals surface area contributed by atoms with Crippen LogP contribution in [0.15, 0.2) is 65.8 Å². The highest BCUT2D eigenvalue weighted by Gasteiger charge is 2.16. The number of nitrogens with one attached hydrogen (secondary N) is 1. The van der Waals surface area contributed by atoms with Crippen molar-refractivity contribution in [3.8, 4) is 5.75 Å². The number of aliphatic imine (C=N–C) groups is 1. The van der Waals surface area contributed by atoms with Crippen LogP contribution in [0, 0.1) is 0 Å². The highest BCUT2D eigenvalue weighted by atomic mass is 127. The summed E-state index contributed by atoms with van der Waals surface area (Å²) in [5, 5.41) is 3.27.